The summed E-state index contributed by atoms with van der Waals surface area (Å²) in [6, 6.07) is 0.220. The van der Waals surface area contributed by atoms with Crippen molar-refractivity contribution in [3.05, 3.63) is 0 Å². The third-order valence-electron chi connectivity index (χ3n) is 1.66. The first-order chi connectivity index (χ1) is 6.60. The fraction of sp³-hybridized carbons (Fsp3) is 0.750. The van der Waals surface area contributed by atoms with Gasteiger partial charge in [-0.05, 0) is 5.41 Å². The molecular formula is C8H14N2O4S. The Labute approximate surface area is 89.0 Å². The van der Waals surface area contributed by atoms with E-state index in [4.69, 9.17) is 10.4 Å². The summed E-state index contributed by atoms with van der Waals surface area (Å²) < 4.78 is 24.4. The fourth-order valence-corrected chi connectivity index (χ4v) is 1.97. The van der Waals surface area contributed by atoms with Crippen molar-refractivity contribution in [3.63, 3.8) is 0 Å². The first-order valence-corrected chi connectivity index (χ1v) is 5.85. The maximum Gasteiger partial charge on any atom is 0.322 e. The molecule has 0 rings (SSSR count). The number of nitrogens with zero attached hydrogens (tertiary/aromatic N) is 1. The summed E-state index contributed by atoms with van der Waals surface area (Å²) >= 11 is 0. The number of hydrogen-bond acceptors (Lipinski definition) is 4. The fourth-order valence-electron chi connectivity index (χ4n) is 0.904. The number of hydrogen-bond donors (Lipinski definition) is 2. The SMILES string of the molecule is CC(C)(C)C(NS(=O)(=O)CC#N)C(=O)O. The van der Waals surface area contributed by atoms with Crippen LogP contribution >= 0.6 is 0 Å². The molecule has 0 aliphatic carbocycles. The summed E-state index contributed by atoms with van der Waals surface area (Å²) in [5.41, 5.74) is -0.756. The Kier molecular flexibility index (Phi) is 4.25. The van der Waals surface area contributed by atoms with E-state index in [0.717, 1.165) is 0 Å². The lowest BCUT2D eigenvalue weighted by molar-refractivity contribution is -0.141. The molecule has 1 atom stereocenters. The minimum absolute atomic E-state index is 0.743. The van der Waals surface area contributed by atoms with E-state index >= 15 is 0 Å². The molecule has 2 N–H and O–H groups in total. The summed E-state index contributed by atoms with van der Waals surface area (Å²) in [7, 11) is -3.85. The van der Waals surface area contributed by atoms with Crippen LogP contribution in [-0.2, 0) is 14.8 Å². The van der Waals surface area contributed by atoms with E-state index in [1.807, 2.05) is 4.72 Å². The van der Waals surface area contributed by atoms with Crippen molar-refractivity contribution in [3.8, 4) is 6.07 Å². The Balaban J connectivity index is 4.89. The number of sulfonamides is 1. The van der Waals surface area contributed by atoms with E-state index in [9.17, 15) is 13.2 Å². The molecule has 0 amide bonds. The Morgan fingerprint density at radius 2 is 2.00 bits per heavy atom. The van der Waals surface area contributed by atoms with Crippen molar-refractivity contribution in [2.75, 3.05) is 5.75 Å². The van der Waals surface area contributed by atoms with Gasteiger partial charge in [-0.25, -0.2) is 8.42 Å². The summed E-state index contributed by atoms with van der Waals surface area (Å²) in [5, 5.41) is 17.1. The first kappa shape index (κ1) is 13.9. The van der Waals surface area contributed by atoms with Crippen LogP contribution in [0.5, 0.6) is 0 Å². The molecule has 6 nitrogen and oxygen atoms in total. The Morgan fingerprint density at radius 3 is 2.27 bits per heavy atom. The Hall–Kier alpha value is -1.13. The van der Waals surface area contributed by atoms with E-state index in [2.05, 4.69) is 0 Å². The minimum atomic E-state index is -3.85. The average molecular weight is 234 g/mol. The van der Waals surface area contributed by atoms with Gasteiger partial charge in [-0.1, -0.05) is 20.8 Å². The second-order valence-corrected chi connectivity index (χ2v) is 5.93. The Morgan fingerprint density at radius 1 is 1.53 bits per heavy atom. The molecule has 0 saturated carbocycles. The monoisotopic (exact) mass is 234 g/mol. The van der Waals surface area contributed by atoms with E-state index < -0.39 is 33.2 Å². The largest absolute Gasteiger partial charge is 0.480 e. The molecule has 0 bridgehead atoms. The van der Waals surface area contributed by atoms with Crippen molar-refractivity contribution in [1.82, 2.24) is 4.72 Å². The molecule has 0 saturated heterocycles. The van der Waals surface area contributed by atoms with Gasteiger partial charge in [0, 0.05) is 0 Å². The predicted octanol–water partition coefficient (Wildman–Crippen LogP) is -0.0713. The normalized spacial score (nSPS) is 14.3. The lowest BCUT2D eigenvalue weighted by atomic mass is 9.88. The van der Waals surface area contributed by atoms with Gasteiger partial charge in [-0.15, -0.1) is 0 Å². The predicted molar refractivity (Wildman–Crippen MR) is 53.4 cm³/mol. The minimum Gasteiger partial charge on any atom is -0.480 e. The van der Waals surface area contributed by atoms with Gasteiger partial charge in [0.2, 0.25) is 10.0 Å². The Bertz CT molecular complexity index is 374. The molecule has 0 heterocycles. The maximum absolute atomic E-state index is 11.2. The van der Waals surface area contributed by atoms with Gasteiger partial charge in [-0.2, -0.15) is 9.98 Å². The third kappa shape index (κ3) is 4.76. The highest BCUT2D eigenvalue weighted by molar-refractivity contribution is 7.89. The van der Waals surface area contributed by atoms with E-state index in [1.54, 1.807) is 20.8 Å². The van der Waals surface area contributed by atoms with E-state index in [0.29, 0.717) is 0 Å². The van der Waals surface area contributed by atoms with Crippen LogP contribution in [0.25, 0.3) is 0 Å². The highest BCUT2D eigenvalue weighted by atomic mass is 32.2. The molecule has 15 heavy (non-hydrogen) atoms. The van der Waals surface area contributed by atoms with E-state index in [1.165, 1.54) is 6.07 Å². The number of aliphatic carboxylic acids is 1. The molecule has 0 aliphatic rings. The second-order valence-electron chi connectivity index (χ2n) is 4.17. The van der Waals surface area contributed by atoms with Crippen LogP contribution in [0.3, 0.4) is 0 Å². The van der Waals surface area contributed by atoms with Gasteiger partial charge in [0.15, 0.2) is 5.75 Å². The zero-order valence-electron chi connectivity index (χ0n) is 8.81. The zero-order chi connectivity index (χ0) is 12.3. The molecule has 0 radical (unpaired) electrons. The van der Waals surface area contributed by atoms with Crippen molar-refractivity contribution in [2.45, 2.75) is 26.8 Å². The van der Waals surface area contributed by atoms with Crippen LogP contribution in [-0.4, -0.2) is 31.3 Å². The van der Waals surface area contributed by atoms with Gasteiger partial charge < -0.3 is 5.11 Å². The summed E-state index contributed by atoms with van der Waals surface area (Å²) in [5.74, 6) is -2.00. The molecule has 86 valence electrons. The van der Waals surface area contributed by atoms with Crippen LogP contribution in [0, 0.1) is 16.7 Å². The molecule has 0 aliphatic heterocycles. The number of carbonyl (C=O) groups is 1. The van der Waals surface area contributed by atoms with Gasteiger partial charge in [0.25, 0.3) is 0 Å². The molecule has 0 aromatic rings. The highest BCUT2D eigenvalue weighted by Crippen LogP contribution is 2.20. The van der Waals surface area contributed by atoms with Crippen LogP contribution in [0.15, 0.2) is 0 Å². The molecule has 0 fully saturated rings. The topological polar surface area (TPSA) is 107 Å². The van der Waals surface area contributed by atoms with Gasteiger partial charge in [0.1, 0.15) is 6.04 Å². The second kappa shape index (κ2) is 4.59. The van der Waals surface area contributed by atoms with Crippen LogP contribution in [0.2, 0.25) is 0 Å². The third-order valence-corrected chi connectivity index (χ3v) is 2.77. The van der Waals surface area contributed by atoms with Crippen molar-refractivity contribution < 1.29 is 18.3 Å². The lowest BCUT2D eigenvalue weighted by Crippen LogP contribution is -2.49. The van der Waals surface area contributed by atoms with Crippen LogP contribution < -0.4 is 4.72 Å². The summed E-state index contributed by atoms with van der Waals surface area (Å²) in [6.45, 7) is 4.79. The van der Waals surface area contributed by atoms with Crippen molar-refractivity contribution in [2.24, 2.45) is 5.41 Å². The number of carboxylic acid groups (broad SMARTS) is 1. The standard InChI is InChI=1S/C8H14N2O4S/c1-8(2,3)6(7(11)12)10-15(13,14)5-4-9/h6,10H,5H2,1-3H3,(H,11,12). The molecule has 0 spiro atoms. The number of nitriles is 1. The van der Waals surface area contributed by atoms with Crippen LogP contribution in [0.4, 0.5) is 0 Å². The first-order valence-electron chi connectivity index (χ1n) is 4.20. The molecule has 7 heteroatoms. The zero-order valence-corrected chi connectivity index (χ0v) is 9.63. The summed E-state index contributed by atoms with van der Waals surface area (Å²) in [6.07, 6.45) is 0. The smallest absolute Gasteiger partial charge is 0.322 e. The summed E-state index contributed by atoms with van der Waals surface area (Å²) in [4.78, 5) is 10.8. The molecule has 0 aromatic carbocycles. The average Bonchev–Trinajstić information content (AvgIpc) is 1.97. The molecule has 0 aromatic heterocycles. The van der Waals surface area contributed by atoms with Crippen molar-refractivity contribution in [1.29, 1.82) is 5.26 Å². The maximum atomic E-state index is 11.2. The van der Waals surface area contributed by atoms with Gasteiger partial charge in [-0.3, -0.25) is 4.79 Å². The van der Waals surface area contributed by atoms with Gasteiger partial charge in [0.05, 0.1) is 6.07 Å². The molecular weight excluding hydrogens is 220 g/mol. The van der Waals surface area contributed by atoms with Crippen LogP contribution in [0.1, 0.15) is 20.8 Å². The van der Waals surface area contributed by atoms with Gasteiger partial charge >= 0.3 is 5.97 Å². The number of rotatable bonds is 4. The molecule has 1 unspecified atom stereocenters. The highest BCUT2D eigenvalue weighted by Gasteiger charge is 2.34. The quantitative estimate of drug-likeness (QED) is 0.708. The van der Waals surface area contributed by atoms with E-state index in [-0.39, 0.29) is 0 Å². The lowest BCUT2D eigenvalue weighted by Gasteiger charge is -2.27. The number of nitrogens with one attached hydrogen (secondary N) is 1. The number of carboxylic acids is 1. The van der Waals surface area contributed by atoms with Crippen molar-refractivity contribution >= 4 is 16.0 Å².